The quantitative estimate of drug-likeness (QED) is 0.471. The number of rotatable bonds is 1. The van der Waals surface area contributed by atoms with Gasteiger partial charge in [0.15, 0.2) is 5.60 Å². The van der Waals surface area contributed by atoms with Gasteiger partial charge in [-0.25, -0.2) is 9.78 Å². The Bertz CT molecular complexity index is 580. The summed E-state index contributed by atoms with van der Waals surface area (Å²) in [6.07, 6.45) is -2.85. The largest absolute Gasteiger partial charge is 0.456 e. The van der Waals surface area contributed by atoms with Crippen LogP contribution in [0.5, 0.6) is 0 Å². The Hall–Kier alpha value is -0.310. The summed E-state index contributed by atoms with van der Waals surface area (Å²) in [6, 6.07) is 0. The van der Waals surface area contributed by atoms with E-state index in [1.165, 1.54) is 0 Å². The Kier molecular flexibility index (Phi) is 3.81. The summed E-state index contributed by atoms with van der Waals surface area (Å²) in [5.41, 5.74) is -0.806. The van der Waals surface area contributed by atoms with E-state index in [4.69, 9.17) is 19.2 Å². The number of fused-ring (bicyclic) bond motifs is 2. The van der Waals surface area contributed by atoms with Crippen molar-refractivity contribution in [3.05, 3.63) is 11.3 Å². The second-order valence-corrected chi connectivity index (χ2v) is 8.02. The third-order valence-corrected chi connectivity index (χ3v) is 6.66. The minimum Gasteiger partial charge on any atom is -0.456 e. The van der Waals surface area contributed by atoms with Crippen molar-refractivity contribution in [1.82, 2.24) is 0 Å². The zero-order chi connectivity index (χ0) is 17.3. The molecular weight excluding hydrogens is 393 g/mol. The molecule has 0 aromatic carbocycles. The highest BCUT2D eigenvalue weighted by molar-refractivity contribution is 9.09. The van der Waals surface area contributed by atoms with E-state index in [0.29, 0.717) is 18.8 Å². The predicted molar refractivity (Wildman–Crippen MR) is 80.8 cm³/mol. The Morgan fingerprint density at radius 3 is 2.62 bits per heavy atom. The summed E-state index contributed by atoms with van der Waals surface area (Å²) >= 11 is 3.22. The molecule has 4 fully saturated rings. The number of hydrogen-bond acceptors (Lipinski definition) is 4. The van der Waals surface area contributed by atoms with Crippen molar-refractivity contribution >= 4 is 15.9 Å². The second-order valence-electron chi connectivity index (χ2n) is 7.46. The molecular formula is C16H20BrF3O4. The number of alkyl halides is 4. The number of halogens is 4. The van der Waals surface area contributed by atoms with Crippen LogP contribution >= 0.6 is 15.9 Å². The van der Waals surface area contributed by atoms with Gasteiger partial charge < -0.3 is 9.47 Å². The normalized spacial score (nSPS) is 47.9. The minimum atomic E-state index is -4.56. The van der Waals surface area contributed by atoms with E-state index in [-0.39, 0.29) is 16.8 Å². The van der Waals surface area contributed by atoms with Gasteiger partial charge in [0.2, 0.25) is 17.8 Å². The molecule has 3 unspecified atom stereocenters. The van der Waals surface area contributed by atoms with Crippen molar-refractivity contribution in [2.45, 2.75) is 63.4 Å². The molecule has 1 spiro atoms. The van der Waals surface area contributed by atoms with Gasteiger partial charge in [-0.1, -0.05) is 22.9 Å². The first kappa shape index (κ1) is 17.1. The van der Waals surface area contributed by atoms with Gasteiger partial charge in [-0.2, -0.15) is 13.2 Å². The van der Waals surface area contributed by atoms with Gasteiger partial charge in [-0.3, -0.25) is 0 Å². The molecule has 5 aliphatic rings. The number of allylic oxidation sites excluding steroid dienone is 1. The van der Waals surface area contributed by atoms with E-state index in [2.05, 4.69) is 22.9 Å². The zero-order valence-corrected chi connectivity index (χ0v) is 15.1. The maximum absolute atomic E-state index is 13.5. The average Bonchev–Trinajstić information content (AvgIpc) is 2.74. The van der Waals surface area contributed by atoms with Crippen molar-refractivity contribution in [2.75, 3.05) is 5.33 Å². The van der Waals surface area contributed by atoms with E-state index in [1.54, 1.807) is 6.92 Å². The van der Waals surface area contributed by atoms with Gasteiger partial charge in [0, 0.05) is 23.6 Å². The average molecular weight is 413 g/mol. The van der Waals surface area contributed by atoms with Gasteiger partial charge in [0.1, 0.15) is 0 Å². The third-order valence-electron chi connectivity index (χ3n) is 6.06. The van der Waals surface area contributed by atoms with Crippen LogP contribution in [0, 0.1) is 17.8 Å². The molecule has 136 valence electrons. The molecule has 1 saturated carbocycles. The zero-order valence-electron chi connectivity index (χ0n) is 13.5. The Balaban J connectivity index is 1.88. The number of ether oxygens (including phenoxy) is 2. The van der Waals surface area contributed by atoms with Gasteiger partial charge in [0.25, 0.3) is 0 Å². The lowest BCUT2D eigenvalue weighted by Gasteiger charge is -2.57. The molecule has 0 N–H and O–H groups in total. The lowest BCUT2D eigenvalue weighted by atomic mass is 9.59. The van der Waals surface area contributed by atoms with Gasteiger partial charge in [-0.05, 0) is 37.7 Å². The van der Waals surface area contributed by atoms with E-state index >= 15 is 0 Å². The first-order valence-electron chi connectivity index (χ1n) is 8.29. The van der Waals surface area contributed by atoms with Crippen molar-refractivity contribution in [3.8, 4) is 0 Å². The smallest absolute Gasteiger partial charge is 0.449 e. The fraction of sp³-hybridized carbons (Fsp3) is 0.875. The number of hydrogen-bond donors (Lipinski definition) is 0. The van der Waals surface area contributed by atoms with E-state index < -0.39 is 35.5 Å². The van der Waals surface area contributed by atoms with Crippen molar-refractivity contribution in [2.24, 2.45) is 17.8 Å². The lowest BCUT2D eigenvalue weighted by molar-refractivity contribution is -0.557. The highest BCUT2D eigenvalue weighted by Crippen LogP contribution is 2.61. The standard InChI is InChI=1S/C16H20BrF3O4/c1-8-3-4-11-9(7-17)12(16(18,19)20)21-13-15(11)10(8)5-6-14(2,22-13)23-24-15/h8,10-11,13H,3-7H2,1-2H3/t8-,10?,11+,13-,14?,15?/m1/s1. The van der Waals surface area contributed by atoms with Crippen LogP contribution in [0.4, 0.5) is 13.2 Å². The first-order chi connectivity index (χ1) is 11.2. The van der Waals surface area contributed by atoms with Gasteiger partial charge in [0.05, 0.1) is 0 Å². The summed E-state index contributed by atoms with van der Waals surface area (Å²) in [5, 5.41) is 0.0860. The first-order valence-corrected chi connectivity index (χ1v) is 9.41. The molecule has 6 atom stereocenters. The highest BCUT2D eigenvalue weighted by Gasteiger charge is 2.69. The molecule has 8 heteroatoms. The van der Waals surface area contributed by atoms with E-state index in [9.17, 15) is 13.2 Å². The van der Waals surface area contributed by atoms with Crippen LogP contribution in [0.1, 0.15) is 39.5 Å². The Morgan fingerprint density at radius 1 is 1.21 bits per heavy atom. The summed E-state index contributed by atoms with van der Waals surface area (Å²) in [6.45, 7) is 3.81. The fourth-order valence-corrected chi connectivity index (χ4v) is 5.54. The maximum Gasteiger partial charge on any atom is 0.449 e. The molecule has 0 amide bonds. The van der Waals surface area contributed by atoms with Crippen LogP contribution < -0.4 is 0 Å². The van der Waals surface area contributed by atoms with E-state index in [0.717, 1.165) is 12.8 Å². The molecule has 2 bridgehead atoms. The molecule has 24 heavy (non-hydrogen) atoms. The van der Waals surface area contributed by atoms with Crippen LogP contribution in [0.15, 0.2) is 11.3 Å². The highest BCUT2D eigenvalue weighted by atomic mass is 79.9. The molecule has 0 aromatic heterocycles. The molecule has 3 saturated heterocycles. The molecule has 1 aliphatic carbocycles. The lowest BCUT2D eigenvalue weighted by Crippen LogP contribution is -2.67. The van der Waals surface area contributed by atoms with Crippen LogP contribution in [0.25, 0.3) is 0 Å². The molecule has 0 radical (unpaired) electrons. The van der Waals surface area contributed by atoms with Crippen molar-refractivity contribution in [1.29, 1.82) is 0 Å². The predicted octanol–water partition coefficient (Wildman–Crippen LogP) is 4.44. The van der Waals surface area contributed by atoms with Crippen molar-refractivity contribution < 1.29 is 32.4 Å². The van der Waals surface area contributed by atoms with Crippen LogP contribution in [0.3, 0.4) is 0 Å². The van der Waals surface area contributed by atoms with Gasteiger partial charge >= 0.3 is 6.18 Å². The summed E-state index contributed by atoms with van der Waals surface area (Å²) in [4.78, 5) is 11.4. The Morgan fingerprint density at radius 2 is 1.96 bits per heavy atom. The molecule has 5 rings (SSSR count). The summed E-state index contributed by atoms with van der Waals surface area (Å²) < 4.78 is 51.9. The fourth-order valence-electron chi connectivity index (χ4n) is 4.89. The van der Waals surface area contributed by atoms with Crippen LogP contribution in [-0.4, -0.2) is 29.2 Å². The molecule has 4 aliphatic heterocycles. The summed E-state index contributed by atoms with van der Waals surface area (Å²) in [5.74, 6) is -2.09. The van der Waals surface area contributed by atoms with Gasteiger partial charge in [-0.15, -0.1) is 0 Å². The molecule has 0 aromatic rings. The second kappa shape index (κ2) is 5.34. The van der Waals surface area contributed by atoms with Crippen molar-refractivity contribution in [3.63, 3.8) is 0 Å². The SMILES string of the molecule is C[C@@H]1CC[C@H]2C(CBr)=C(C(F)(F)F)O[C@@H]3OC4(C)CCC1C32OO4. The minimum absolute atomic E-state index is 0.0365. The topological polar surface area (TPSA) is 36.9 Å². The third kappa shape index (κ3) is 2.22. The van der Waals surface area contributed by atoms with Crippen LogP contribution in [0.2, 0.25) is 0 Å². The maximum atomic E-state index is 13.5. The Labute approximate surface area is 146 Å². The van der Waals surface area contributed by atoms with Crippen LogP contribution in [-0.2, 0) is 19.2 Å². The monoisotopic (exact) mass is 412 g/mol. The van der Waals surface area contributed by atoms with E-state index in [1.807, 2.05) is 0 Å². The molecule has 4 nitrogen and oxygen atoms in total. The summed E-state index contributed by atoms with van der Waals surface area (Å²) in [7, 11) is 0. The molecule has 4 heterocycles.